The molecule has 0 saturated carbocycles. The highest BCUT2D eigenvalue weighted by Crippen LogP contribution is 2.29. The molecule has 1 atom stereocenters. The third-order valence-electron chi connectivity index (χ3n) is 2.68. The highest BCUT2D eigenvalue weighted by Gasteiger charge is 2.16. The molecule has 2 N–H and O–H groups in total. The molecular weight excluding hydrogens is 234 g/mol. The van der Waals surface area contributed by atoms with Crippen LogP contribution >= 0.6 is 11.3 Å². The molecule has 0 spiro atoms. The minimum Gasteiger partial charge on any atom is -0.368 e. The Bertz CT molecular complexity index is 571. The lowest BCUT2D eigenvalue weighted by Crippen LogP contribution is -2.29. The maximum absolute atomic E-state index is 8.73. The standard InChI is InChI=1S/C11H13N5S/c1-7(3-5-12)16(2)10-9-8(4-6-17-9)14-11(13)15-10/h4,6-7H,3H2,1-2H3,(H2,13,14,15). The lowest BCUT2D eigenvalue weighted by molar-refractivity contribution is 0.697. The number of anilines is 2. The number of hydrogen-bond donors (Lipinski definition) is 1. The normalized spacial score (nSPS) is 12.3. The summed E-state index contributed by atoms with van der Waals surface area (Å²) in [6, 6.07) is 4.18. The Balaban J connectivity index is 2.47. The van der Waals surface area contributed by atoms with Gasteiger partial charge in [-0.3, -0.25) is 0 Å². The first-order valence-electron chi connectivity index (χ1n) is 5.24. The second kappa shape index (κ2) is 4.55. The van der Waals surface area contributed by atoms with Gasteiger partial charge in [-0.15, -0.1) is 11.3 Å². The second-order valence-electron chi connectivity index (χ2n) is 3.86. The molecule has 2 aromatic heterocycles. The smallest absolute Gasteiger partial charge is 0.222 e. The summed E-state index contributed by atoms with van der Waals surface area (Å²) in [4.78, 5) is 10.4. The van der Waals surface area contributed by atoms with Crippen molar-refractivity contribution in [2.45, 2.75) is 19.4 Å². The summed E-state index contributed by atoms with van der Waals surface area (Å²) in [6.45, 7) is 1.99. The zero-order chi connectivity index (χ0) is 12.4. The monoisotopic (exact) mass is 247 g/mol. The van der Waals surface area contributed by atoms with Crippen LogP contribution in [0.1, 0.15) is 13.3 Å². The van der Waals surface area contributed by atoms with Gasteiger partial charge < -0.3 is 10.6 Å². The molecule has 2 aromatic rings. The van der Waals surface area contributed by atoms with E-state index in [1.54, 1.807) is 11.3 Å². The van der Waals surface area contributed by atoms with Crippen molar-refractivity contribution in [3.8, 4) is 6.07 Å². The minimum absolute atomic E-state index is 0.0969. The zero-order valence-electron chi connectivity index (χ0n) is 9.71. The number of nitrogens with zero attached hydrogens (tertiary/aromatic N) is 4. The SMILES string of the molecule is CC(CC#N)N(C)c1nc(N)nc2ccsc12. The second-order valence-corrected chi connectivity index (χ2v) is 4.78. The predicted octanol–water partition coefficient (Wildman–Crippen LogP) is 2.01. The summed E-state index contributed by atoms with van der Waals surface area (Å²) >= 11 is 1.58. The molecule has 1 unspecified atom stereocenters. The largest absolute Gasteiger partial charge is 0.368 e. The van der Waals surface area contributed by atoms with Crippen LogP contribution in [0.3, 0.4) is 0 Å². The van der Waals surface area contributed by atoms with Gasteiger partial charge in [-0.05, 0) is 18.4 Å². The van der Waals surface area contributed by atoms with Gasteiger partial charge in [-0.2, -0.15) is 10.2 Å². The maximum atomic E-state index is 8.73. The van der Waals surface area contributed by atoms with Crippen molar-refractivity contribution in [2.75, 3.05) is 17.7 Å². The van der Waals surface area contributed by atoms with Crippen LogP contribution in [-0.2, 0) is 0 Å². The molecule has 0 amide bonds. The van der Waals surface area contributed by atoms with Crippen molar-refractivity contribution in [2.24, 2.45) is 0 Å². The lowest BCUT2D eigenvalue weighted by atomic mass is 10.2. The van der Waals surface area contributed by atoms with Gasteiger partial charge in [-0.1, -0.05) is 0 Å². The molecule has 88 valence electrons. The number of thiophene rings is 1. The van der Waals surface area contributed by atoms with Gasteiger partial charge in [0, 0.05) is 13.1 Å². The molecular formula is C11H13N5S. The van der Waals surface area contributed by atoms with E-state index in [2.05, 4.69) is 16.0 Å². The van der Waals surface area contributed by atoms with Crippen molar-refractivity contribution in [3.63, 3.8) is 0 Å². The van der Waals surface area contributed by atoms with Crippen molar-refractivity contribution in [3.05, 3.63) is 11.4 Å². The van der Waals surface area contributed by atoms with Crippen molar-refractivity contribution < 1.29 is 0 Å². The fraction of sp³-hybridized carbons (Fsp3) is 0.364. The van der Waals surface area contributed by atoms with E-state index in [0.29, 0.717) is 6.42 Å². The zero-order valence-corrected chi connectivity index (χ0v) is 10.5. The number of aromatic nitrogens is 2. The van der Waals surface area contributed by atoms with E-state index in [1.807, 2.05) is 30.3 Å². The first kappa shape index (κ1) is 11.6. The summed E-state index contributed by atoms with van der Waals surface area (Å²) in [6.07, 6.45) is 0.452. The fourth-order valence-electron chi connectivity index (χ4n) is 1.58. The summed E-state index contributed by atoms with van der Waals surface area (Å²) in [5.41, 5.74) is 6.54. The summed E-state index contributed by atoms with van der Waals surface area (Å²) in [5, 5.41) is 10.7. The first-order chi connectivity index (χ1) is 8.13. The number of nitrogens with two attached hydrogens (primary N) is 1. The van der Waals surface area contributed by atoms with Crippen LogP contribution in [0.15, 0.2) is 11.4 Å². The van der Waals surface area contributed by atoms with Crippen molar-refractivity contribution >= 4 is 33.3 Å². The van der Waals surface area contributed by atoms with Crippen LogP contribution in [0.5, 0.6) is 0 Å². The minimum atomic E-state index is 0.0969. The molecule has 0 aliphatic rings. The highest BCUT2D eigenvalue weighted by molar-refractivity contribution is 7.17. The molecule has 6 heteroatoms. The Morgan fingerprint density at radius 2 is 2.35 bits per heavy atom. The molecule has 5 nitrogen and oxygen atoms in total. The number of nitriles is 1. The number of rotatable bonds is 3. The molecule has 0 saturated heterocycles. The Morgan fingerprint density at radius 3 is 3.06 bits per heavy atom. The molecule has 2 rings (SSSR count). The maximum Gasteiger partial charge on any atom is 0.222 e. The molecule has 0 radical (unpaired) electrons. The van der Waals surface area contributed by atoms with E-state index >= 15 is 0 Å². The molecule has 17 heavy (non-hydrogen) atoms. The summed E-state index contributed by atoms with van der Waals surface area (Å²) in [5.74, 6) is 1.06. The van der Waals surface area contributed by atoms with Gasteiger partial charge in [0.2, 0.25) is 5.95 Å². The van der Waals surface area contributed by atoms with E-state index in [1.165, 1.54) is 0 Å². The fourth-order valence-corrected chi connectivity index (χ4v) is 2.44. The van der Waals surface area contributed by atoms with Crippen LogP contribution in [0, 0.1) is 11.3 Å². The third-order valence-corrected chi connectivity index (χ3v) is 3.58. The lowest BCUT2D eigenvalue weighted by Gasteiger charge is -2.24. The number of nitrogen functional groups attached to an aromatic ring is 1. The molecule has 2 heterocycles. The molecule has 0 aliphatic carbocycles. The van der Waals surface area contributed by atoms with Gasteiger partial charge in [0.05, 0.1) is 22.7 Å². The molecule has 0 aliphatic heterocycles. The number of fused-ring (bicyclic) bond motifs is 1. The van der Waals surface area contributed by atoms with Gasteiger partial charge in [-0.25, -0.2) is 4.98 Å². The van der Waals surface area contributed by atoms with E-state index in [4.69, 9.17) is 11.0 Å². The van der Waals surface area contributed by atoms with Crippen molar-refractivity contribution in [1.29, 1.82) is 5.26 Å². The van der Waals surface area contributed by atoms with Crippen LogP contribution in [-0.4, -0.2) is 23.1 Å². The molecule has 0 bridgehead atoms. The topological polar surface area (TPSA) is 78.8 Å². The van der Waals surface area contributed by atoms with Gasteiger partial charge in [0.15, 0.2) is 5.82 Å². The first-order valence-corrected chi connectivity index (χ1v) is 6.12. The highest BCUT2D eigenvalue weighted by atomic mass is 32.1. The Hall–Kier alpha value is -1.87. The Morgan fingerprint density at radius 1 is 1.59 bits per heavy atom. The van der Waals surface area contributed by atoms with Crippen LogP contribution in [0.25, 0.3) is 10.2 Å². The van der Waals surface area contributed by atoms with Gasteiger partial charge >= 0.3 is 0 Å². The quantitative estimate of drug-likeness (QED) is 0.897. The average molecular weight is 247 g/mol. The average Bonchev–Trinajstić information content (AvgIpc) is 2.75. The van der Waals surface area contributed by atoms with Crippen LogP contribution < -0.4 is 10.6 Å². The van der Waals surface area contributed by atoms with Crippen LogP contribution in [0.2, 0.25) is 0 Å². The molecule has 0 aromatic carbocycles. The summed E-state index contributed by atoms with van der Waals surface area (Å²) in [7, 11) is 1.92. The van der Waals surface area contributed by atoms with E-state index in [-0.39, 0.29) is 12.0 Å². The third kappa shape index (κ3) is 2.15. The summed E-state index contributed by atoms with van der Waals surface area (Å²) < 4.78 is 1.01. The van der Waals surface area contributed by atoms with Gasteiger partial charge in [0.25, 0.3) is 0 Å². The Kier molecular flexibility index (Phi) is 3.11. The number of hydrogen-bond acceptors (Lipinski definition) is 6. The van der Waals surface area contributed by atoms with E-state index < -0.39 is 0 Å². The van der Waals surface area contributed by atoms with Crippen molar-refractivity contribution in [1.82, 2.24) is 9.97 Å². The van der Waals surface area contributed by atoms with Crippen LogP contribution in [0.4, 0.5) is 11.8 Å². The molecule has 0 fully saturated rings. The predicted molar refractivity (Wildman–Crippen MR) is 69.9 cm³/mol. The van der Waals surface area contributed by atoms with Gasteiger partial charge in [0.1, 0.15) is 0 Å². The Labute approximate surface area is 104 Å². The van der Waals surface area contributed by atoms with E-state index in [0.717, 1.165) is 16.0 Å². The van der Waals surface area contributed by atoms with E-state index in [9.17, 15) is 0 Å².